The highest BCUT2D eigenvalue weighted by Crippen LogP contribution is 2.22. The molecule has 0 bridgehead atoms. The molecular formula is C20H20N4O3. The number of carbonyl (C=O) groups is 2. The van der Waals surface area contributed by atoms with Gasteiger partial charge in [0.25, 0.3) is 5.91 Å². The zero-order chi connectivity index (χ0) is 18.8. The van der Waals surface area contributed by atoms with Crippen molar-refractivity contribution in [3.8, 4) is 0 Å². The molecule has 2 aromatic heterocycles. The van der Waals surface area contributed by atoms with Gasteiger partial charge in [-0.25, -0.2) is 4.98 Å². The number of hydrogen-bond donors (Lipinski definition) is 2. The van der Waals surface area contributed by atoms with E-state index in [0.29, 0.717) is 0 Å². The minimum Gasteiger partial charge on any atom is -0.356 e. The van der Waals surface area contributed by atoms with Gasteiger partial charge in [-0.2, -0.15) is 0 Å². The van der Waals surface area contributed by atoms with Gasteiger partial charge in [0.2, 0.25) is 5.91 Å². The topological polar surface area (TPSA) is 84.7 Å². The van der Waals surface area contributed by atoms with Gasteiger partial charge in [-0.15, -0.1) is 0 Å². The Bertz CT molecular complexity index is 983. The number of nitrogens with one attached hydrogen (secondary N) is 2. The third-order valence-electron chi connectivity index (χ3n) is 4.60. The number of nitrogens with zero attached hydrogens (tertiary/aromatic N) is 2. The van der Waals surface area contributed by atoms with Crippen molar-refractivity contribution in [3.05, 3.63) is 71.7 Å². The zero-order valence-electron chi connectivity index (χ0n) is 14.9. The summed E-state index contributed by atoms with van der Waals surface area (Å²) < 4.78 is 7.47. The molecule has 2 atom stereocenters. The van der Waals surface area contributed by atoms with E-state index in [-0.39, 0.29) is 25.0 Å². The standard InChI is InChI=1S/C20H20N4O3/c1-13-6-5-9-24-11-15(22-19(13)24)10-21-20(26)18-17(23-16(25)12-27-18)14-7-3-2-4-8-14/h2-9,11,17-18H,10,12H2,1H3,(H,21,26)(H,23,25)/t17-,18+/m1/s1. The van der Waals surface area contributed by atoms with E-state index in [1.165, 1.54) is 0 Å². The van der Waals surface area contributed by atoms with Crippen LogP contribution in [0.15, 0.2) is 54.9 Å². The molecule has 0 unspecified atom stereocenters. The first-order valence-corrected chi connectivity index (χ1v) is 8.78. The summed E-state index contributed by atoms with van der Waals surface area (Å²) in [5, 5.41) is 5.72. The molecule has 138 valence electrons. The van der Waals surface area contributed by atoms with Gasteiger partial charge >= 0.3 is 0 Å². The zero-order valence-corrected chi connectivity index (χ0v) is 14.9. The average molecular weight is 364 g/mol. The molecule has 0 spiro atoms. The monoisotopic (exact) mass is 364 g/mol. The second-order valence-corrected chi connectivity index (χ2v) is 6.56. The molecule has 1 fully saturated rings. The van der Waals surface area contributed by atoms with E-state index in [4.69, 9.17) is 4.74 Å². The van der Waals surface area contributed by atoms with Crippen LogP contribution in [-0.4, -0.2) is 33.9 Å². The molecule has 27 heavy (non-hydrogen) atoms. The quantitative estimate of drug-likeness (QED) is 0.735. The van der Waals surface area contributed by atoms with Crippen LogP contribution in [0, 0.1) is 6.92 Å². The van der Waals surface area contributed by atoms with Crippen molar-refractivity contribution in [2.24, 2.45) is 0 Å². The van der Waals surface area contributed by atoms with Crippen molar-refractivity contribution in [1.82, 2.24) is 20.0 Å². The number of imidazole rings is 1. The third-order valence-corrected chi connectivity index (χ3v) is 4.60. The Morgan fingerprint density at radius 1 is 1.30 bits per heavy atom. The van der Waals surface area contributed by atoms with Gasteiger partial charge in [0.05, 0.1) is 18.3 Å². The van der Waals surface area contributed by atoms with Crippen LogP contribution in [0.5, 0.6) is 0 Å². The van der Waals surface area contributed by atoms with Crippen LogP contribution in [0.25, 0.3) is 5.65 Å². The fourth-order valence-electron chi connectivity index (χ4n) is 3.27. The second kappa shape index (κ2) is 7.20. The van der Waals surface area contributed by atoms with Crippen LogP contribution in [-0.2, 0) is 20.9 Å². The SMILES string of the molecule is Cc1cccn2cc(CNC(=O)[C@H]3OCC(=O)N[C@@H]3c3ccccc3)nc12. The summed E-state index contributed by atoms with van der Waals surface area (Å²) >= 11 is 0. The maximum atomic E-state index is 12.7. The highest BCUT2D eigenvalue weighted by atomic mass is 16.5. The number of morpholine rings is 1. The van der Waals surface area contributed by atoms with Gasteiger partial charge in [0, 0.05) is 12.4 Å². The van der Waals surface area contributed by atoms with Crippen molar-refractivity contribution < 1.29 is 14.3 Å². The number of carbonyl (C=O) groups excluding carboxylic acids is 2. The predicted octanol–water partition coefficient (Wildman–Crippen LogP) is 1.52. The first-order chi connectivity index (χ1) is 13.1. The maximum Gasteiger partial charge on any atom is 0.251 e. The number of benzene rings is 1. The Kier molecular flexibility index (Phi) is 4.60. The minimum absolute atomic E-state index is 0.130. The molecule has 1 aliphatic rings. The Balaban J connectivity index is 1.48. The summed E-state index contributed by atoms with van der Waals surface area (Å²) in [6, 6.07) is 12.8. The number of rotatable bonds is 4. The largest absolute Gasteiger partial charge is 0.356 e. The summed E-state index contributed by atoms with van der Waals surface area (Å²) in [4.78, 5) is 29.0. The molecule has 4 rings (SSSR count). The van der Waals surface area contributed by atoms with Gasteiger partial charge in [-0.3, -0.25) is 9.59 Å². The molecule has 1 saturated heterocycles. The minimum atomic E-state index is -0.788. The van der Waals surface area contributed by atoms with E-state index in [1.54, 1.807) is 0 Å². The summed E-state index contributed by atoms with van der Waals surface area (Å²) in [5.74, 6) is -0.513. The van der Waals surface area contributed by atoms with Gasteiger partial charge in [0.15, 0.2) is 6.10 Å². The number of aryl methyl sites for hydroxylation is 1. The molecule has 0 saturated carbocycles. The molecule has 3 heterocycles. The van der Waals surface area contributed by atoms with Gasteiger partial charge in [0.1, 0.15) is 12.3 Å². The highest BCUT2D eigenvalue weighted by Gasteiger charge is 2.35. The van der Waals surface area contributed by atoms with E-state index < -0.39 is 12.1 Å². The normalized spacial score (nSPS) is 19.7. The number of pyridine rings is 1. The van der Waals surface area contributed by atoms with Gasteiger partial charge < -0.3 is 19.8 Å². The lowest BCUT2D eigenvalue weighted by Gasteiger charge is -2.31. The van der Waals surface area contributed by atoms with E-state index in [9.17, 15) is 9.59 Å². The van der Waals surface area contributed by atoms with Crippen LogP contribution >= 0.6 is 0 Å². The molecule has 3 aromatic rings. The average Bonchev–Trinajstić information content (AvgIpc) is 3.11. The van der Waals surface area contributed by atoms with Crippen molar-refractivity contribution in [3.63, 3.8) is 0 Å². The van der Waals surface area contributed by atoms with E-state index in [1.807, 2.05) is 66.2 Å². The first-order valence-electron chi connectivity index (χ1n) is 8.78. The van der Waals surface area contributed by atoms with Crippen molar-refractivity contribution in [2.75, 3.05) is 6.61 Å². The van der Waals surface area contributed by atoms with Gasteiger partial charge in [-0.1, -0.05) is 36.4 Å². The Morgan fingerprint density at radius 2 is 2.11 bits per heavy atom. The fourth-order valence-corrected chi connectivity index (χ4v) is 3.27. The number of hydrogen-bond acceptors (Lipinski definition) is 4. The molecule has 7 heteroatoms. The van der Waals surface area contributed by atoms with E-state index >= 15 is 0 Å². The van der Waals surface area contributed by atoms with Crippen LogP contribution < -0.4 is 10.6 Å². The summed E-state index contributed by atoms with van der Waals surface area (Å²) in [5.41, 5.74) is 3.52. The van der Waals surface area contributed by atoms with Crippen LogP contribution in [0.2, 0.25) is 0 Å². The number of aromatic nitrogens is 2. The number of ether oxygens (including phenoxy) is 1. The van der Waals surface area contributed by atoms with Crippen molar-refractivity contribution >= 4 is 17.5 Å². The number of fused-ring (bicyclic) bond motifs is 1. The number of amides is 2. The molecule has 2 amide bonds. The molecule has 1 aromatic carbocycles. The lowest BCUT2D eigenvalue weighted by molar-refractivity contribution is -0.148. The maximum absolute atomic E-state index is 12.7. The van der Waals surface area contributed by atoms with Crippen molar-refractivity contribution in [2.45, 2.75) is 25.6 Å². The molecule has 1 aliphatic heterocycles. The Morgan fingerprint density at radius 3 is 2.89 bits per heavy atom. The van der Waals surface area contributed by atoms with Gasteiger partial charge in [-0.05, 0) is 24.1 Å². The highest BCUT2D eigenvalue weighted by molar-refractivity contribution is 5.86. The molecule has 0 aliphatic carbocycles. The van der Waals surface area contributed by atoms with Crippen LogP contribution in [0.3, 0.4) is 0 Å². The molecule has 2 N–H and O–H groups in total. The summed E-state index contributed by atoms with van der Waals surface area (Å²) in [6.07, 6.45) is 3.02. The Labute approximate surface area is 156 Å². The smallest absolute Gasteiger partial charge is 0.251 e. The summed E-state index contributed by atoms with van der Waals surface area (Å²) in [7, 11) is 0. The predicted molar refractivity (Wildman–Crippen MR) is 98.8 cm³/mol. The first kappa shape index (κ1) is 17.2. The van der Waals surface area contributed by atoms with E-state index in [0.717, 1.165) is 22.5 Å². The van der Waals surface area contributed by atoms with Crippen LogP contribution in [0.1, 0.15) is 22.9 Å². The van der Waals surface area contributed by atoms with Crippen molar-refractivity contribution in [1.29, 1.82) is 0 Å². The second-order valence-electron chi connectivity index (χ2n) is 6.56. The molecule has 7 nitrogen and oxygen atoms in total. The third kappa shape index (κ3) is 3.54. The fraction of sp³-hybridized carbons (Fsp3) is 0.250. The van der Waals surface area contributed by atoms with Crippen LogP contribution in [0.4, 0.5) is 0 Å². The lowest BCUT2D eigenvalue weighted by atomic mass is 9.99. The summed E-state index contributed by atoms with van der Waals surface area (Å²) in [6.45, 7) is 2.15. The van der Waals surface area contributed by atoms with E-state index in [2.05, 4.69) is 15.6 Å². The Hall–Kier alpha value is -3.19. The lowest BCUT2D eigenvalue weighted by Crippen LogP contribution is -2.52. The molecule has 0 radical (unpaired) electrons. The molecular weight excluding hydrogens is 344 g/mol.